The highest BCUT2D eigenvalue weighted by Crippen LogP contribution is 2.33. The van der Waals surface area contributed by atoms with Gasteiger partial charge in [-0.1, -0.05) is 45.2 Å². The fourth-order valence-electron chi connectivity index (χ4n) is 15.9. The number of primary amides is 1. The van der Waals surface area contributed by atoms with Crippen molar-refractivity contribution in [2.45, 2.75) is 197 Å². The Hall–Kier alpha value is -10.2. The minimum atomic E-state index is -1.90. The maximum absolute atomic E-state index is 14.4. The first kappa shape index (κ1) is 125. The van der Waals surface area contributed by atoms with Crippen LogP contribution in [0.2, 0.25) is 0 Å². The summed E-state index contributed by atoms with van der Waals surface area (Å²) in [5.74, 6) is -3.68. The Morgan fingerprint density at radius 1 is 0.507 bits per heavy atom. The van der Waals surface area contributed by atoms with Gasteiger partial charge in [0.25, 0.3) is 17.4 Å². The minimum absolute atomic E-state index is 0.00253. The van der Waals surface area contributed by atoms with E-state index in [-0.39, 0.29) is 153 Å². The summed E-state index contributed by atoms with van der Waals surface area (Å²) in [6.07, 6.45) is -3.21. The quantitative estimate of drug-likeness (QED) is 0.0130. The van der Waals surface area contributed by atoms with Crippen molar-refractivity contribution in [1.82, 2.24) is 60.8 Å². The van der Waals surface area contributed by atoms with Gasteiger partial charge in [-0.15, -0.1) is 0 Å². The number of aliphatic hydroxyl groups is 10. The molecule has 148 heavy (non-hydrogen) atoms. The molecule has 1 saturated carbocycles. The number of ether oxygens (including phenoxy) is 13. The predicted octanol–water partition coefficient (Wildman–Crippen LogP) is -1.95. The number of pyridine rings is 2. The van der Waals surface area contributed by atoms with Crippen molar-refractivity contribution in [2.75, 3.05) is 253 Å². The maximum atomic E-state index is 14.4. The molecule has 1 aromatic carbocycles. The van der Waals surface area contributed by atoms with E-state index in [2.05, 4.69) is 52.1 Å². The van der Waals surface area contributed by atoms with Crippen LogP contribution in [0.3, 0.4) is 0 Å². The van der Waals surface area contributed by atoms with Crippen molar-refractivity contribution in [2.24, 2.45) is 11.7 Å². The van der Waals surface area contributed by atoms with Gasteiger partial charge < -0.3 is 165 Å². The summed E-state index contributed by atoms with van der Waals surface area (Å²) in [6, 6.07) is 5.84. The molecule has 0 spiro atoms. The molecule has 2 aliphatic heterocycles. The molecule has 0 bridgehead atoms. The lowest BCUT2D eigenvalue weighted by molar-refractivity contribution is -0.137. The van der Waals surface area contributed by atoms with Crippen LogP contribution in [0.25, 0.3) is 11.0 Å². The number of hydrogen-bond acceptors (Lipinski definition) is 40. The summed E-state index contributed by atoms with van der Waals surface area (Å²) in [4.78, 5) is 165. The largest absolute Gasteiger partial charge is 0.445 e. The molecule has 1 aliphatic carbocycles. The smallest absolute Gasteiger partial charge is 0.410 e. The van der Waals surface area contributed by atoms with Gasteiger partial charge in [-0.25, -0.2) is 19.6 Å². The molecule has 5 heterocycles. The summed E-state index contributed by atoms with van der Waals surface area (Å²) in [5, 5.41) is 119. The lowest BCUT2D eigenvalue weighted by atomic mass is 10.0. The van der Waals surface area contributed by atoms with Crippen LogP contribution < -0.4 is 53.4 Å². The highest BCUT2D eigenvalue weighted by molar-refractivity contribution is 6.13. The number of ketones is 1. The second kappa shape index (κ2) is 71.5. The van der Waals surface area contributed by atoms with E-state index in [1.54, 1.807) is 73.0 Å². The number of benzene rings is 1. The molecule has 50 heteroatoms. The summed E-state index contributed by atoms with van der Waals surface area (Å²) >= 11 is 0. The van der Waals surface area contributed by atoms with Crippen molar-refractivity contribution < 1.29 is 161 Å². The average Bonchev–Trinajstić information content (AvgIpc) is 1.19. The van der Waals surface area contributed by atoms with Gasteiger partial charge in [0.1, 0.15) is 72.8 Å². The zero-order valence-electron chi connectivity index (χ0n) is 85.3. The monoisotopic (exact) mass is 2100 g/mol. The van der Waals surface area contributed by atoms with Gasteiger partial charge in [0.15, 0.2) is 5.78 Å². The van der Waals surface area contributed by atoms with E-state index in [0.717, 1.165) is 36.3 Å². The number of aryl methyl sites for hydroxylation is 1. The average molecular weight is 2100 g/mol. The number of fused-ring (bicyclic) bond motifs is 1. The molecule has 50 nitrogen and oxygen atoms in total. The molecule has 0 unspecified atom stereocenters. The van der Waals surface area contributed by atoms with Gasteiger partial charge in [0.2, 0.25) is 35.5 Å². The number of nitrogens with one attached hydrogen (secondary N) is 7. The summed E-state index contributed by atoms with van der Waals surface area (Å²) in [6.45, 7) is 13.4. The van der Waals surface area contributed by atoms with Crippen LogP contribution in [0.1, 0.15) is 138 Å². The molecular formula is C98H156N16O34. The van der Waals surface area contributed by atoms with Crippen molar-refractivity contribution in [3.05, 3.63) is 88.0 Å². The first-order valence-corrected chi connectivity index (χ1v) is 50.7. The highest BCUT2D eigenvalue weighted by Gasteiger charge is 2.37. The standard InChI is InChI=1S/C98H156N16O34/c1-66(2)86(94(132)106-75(16-12-28-101-96(99)134)92(130)104-70-20-18-69(19-21-70)65-148-98(135)112-32-30-111(31-33-112)72-22-23-80(102-59-72)107-97-103-60-73-67(3)85(68(4)117)95(133)114(91(73)109-97)71-13-7-8-14-71)108-93(131)74(105-82(123)17-6-5-11-29-113-83(124)24-25-84(113)125)15-9-10-27-100-81(122)26-35-136-37-39-138-41-43-140-45-47-142-49-51-144-53-55-146-57-58-147-56-54-145-52-50-143-48-46-141-44-42-139-40-38-137-36-34-110(61-76(118)87(126)89(128)78(120)63-115)62-77(119)88(127)90(129)79(121)64-116/h18-25,59-60,66,71,74-79,86-90,115-116,118-121,126-129H,5-17,26-58,61-65H2,1-4H3,(H,100,122)(H,104,130)(H,105,123)(H,106,132)(H,108,131)(H3,99,101,134)(H,102,103,107,109)/t74-,75-,76-,77-,78+,79+,86-,87+,88+,89+,90+/m0/s1. The molecule has 3 aliphatic rings. The normalized spacial score (nSPS) is 15.7. The number of nitrogens with zero attached hydrogens (tertiary/aromatic N) is 8. The van der Waals surface area contributed by atoms with Gasteiger partial charge in [-0.05, 0) is 113 Å². The number of carbonyl (C=O) groups is 10. The zero-order valence-corrected chi connectivity index (χ0v) is 85.3. The third-order valence-corrected chi connectivity index (χ3v) is 24.3. The lowest BCUT2D eigenvalue weighted by Crippen LogP contribution is -2.57. The van der Waals surface area contributed by atoms with Crippen molar-refractivity contribution in [1.29, 1.82) is 0 Å². The Balaban J connectivity index is 0.690. The summed E-state index contributed by atoms with van der Waals surface area (Å²) < 4.78 is 73.9. The van der Waals surface area contributed by atoms with Gasteiger partial charge in [-0.3, -0.25) is 57.5 Å². The highest BCUT2D eigenvalue weighted by atomic mass is 16.6. The van der Waals surface area contributed by atoms with Gasteiger partial charge in [-0.2, -0.15) is 4.98 Å². The zero-order chi connectivity index (χ0) is 107. The number of rotatable bonds is 81. The maximum Gasteiger partial charge on any atom is 0.410 e. The van der Waals surface area contributed by atoms with Crippen LogP contribution >= 0.6 is 0 Å². The van der Waals surface area contributed by atoms with Crippen LogP contribution in [0, 0.1) is 12.8 Å². The molecule has 7 rings (SSSR count). The Bertz CT molecular complexity index is 4610. The first-order chi connectivity index (χ1) is 71.4. The Kier molecular flexibility index (Phi) is 60.3. The first-order valence-electron chi connectivity index (χ1n) is 50.7. The van der Waals surface area contributed by atoms with E-state index in [9.17, 15) is 93.6 Å². The number of unbranched alkanes of at least 4 members (excludes halogenated alkanes) is 3. The number of piperazine rings is 1. The number of urea groups is 1. The SMILES string of the molecule is CC(=O)c1c(C)c2cnc(Nc3ccc(N4CCN(C(=O)OCc5ccc(NC(=O)[C@H](CCCNC(N)=O)NC(=O)[C@@H](NC(=O)[C@H](CCCCNC(=O)CCOCCOCCOCCOCCOCCOCCOCCOCCOCCOCCOCCOCCN(C[C@H](O)[C@@H](O)[C@H](O)[C@H](O)CO)C[C@H](O)[C@@H](O)[C@H](O)[C@H](O)CO)NC(=O)CCCCCN6C(=O)C=CC6=O)C(C)C)cc5)CC4)cn3)nc2n(C2CCCC2)c1=O. The van der Waals surface area contributed by atoms with E-state index in [0.29, 0.717) is 198 Å². The van der Waals surface area contributed by atoms with E-state index >= 15 is 0 Å². The molecule has 10 amide bonds. The summed E-state index contributed by atoms with van der Waals surface area (Å²) in [5.41, 5.74) is 7.94. The van der Waals surface area contributed by atoms with Crippen LogP contribution in [0.5, 0.6) is 0 Å². The molecule has 3 aromatic heterocycles. The lowest BCUT2D eigenvalue weighted by Gasteiger charge is -2.35. The van der Waals surface area contributed by atoms with Gasteiger partial charge in [0, 0.05) is 114 Å². The van der Waals surface area contributed by atoms with E-state index in [4.69, 9.17) is 82.5 Å². The molecule has 832 valence electrons. The Morgan fingerprint density at radius 3 is 1.48 bits per heavy atom. The number of anilines is 4. The predicted molar refractivity (Wildman–Crippen MR) is 534 cm³/mol. The van der Waals surface area contributed by atoms with Crippen molar-refractivity contribution in [3.8, 4) is 0 Å². The second-order valence-corrected chi connectivity index (χ2v) is 36.0. The van der Waals surface area contributed by atoms with Crippen LogP contribution in [-0.2, 0) is 102 Å². The molecule has 19 N–H and O–H groups in total. The number of aliphatic hydroxyl groups excluding tert-OH is 10. The minimum Gasteiger partial charge on any atom is -0.445 e. The Morgan fingerprint density at radius 2 is 0.993 bits per heavy atom. The topological polar surface area (TPSA) is 677 Å². The number of Topliss-reactive ketones (excluding diaryl/α,β-unsaturated/α-hetero) is 1. The molecule has 0 radical (unpaired) electrons. The number of nitrogens with two attached hydrogens (primary N) is 1. The van der Waals surface area contributed by atoms with Crippen molar-refractivity contribution >= 4 is 93.4 Å². The number of imide groups is 1. The third kappa shape index (κ3) is 46.7. The molecular weight excluding hydrogens is 1950 g/mol. The fraction of sp³-hybridized carbons (Fsp3) is 0.694. The van der Waals surface area contributed by atoms with Gasteiger partial charge >= 0.3 is 12.1 Å². The molecule has 4 aromatic rings. The molecule has 1 saturated heterocycles. The fourth-order valence-corrected chi connectivity index (χ4v) is 15.9. The second-order valence-electron chi connectivity index (χ2n) is 36.0. The number of aromatic nitrogens is 4. The van der Waals surface area contributed by atoms with Crippen LogP contribution in [0.15, 0.2) is 65.7 Å². The van der Waals surface area contributed by atoms with E-state index in [1.807, 2.05) is 6.07 Å². The molecule has 2 fully saturated rings. The van der Waals surface area contributed by atoms with E-state index < -0.39 is 147 Å². The number of amides is 10. The van der Waals surface area contributed by atoms with Crippen LogP contribution in [-0.4, -0.2) is 449 Å². The van der Waals surface area contributed by atoms with Gasteiger partial charge in [0.05, 0.1) is 201 Å². The van der Waals surface area contributed by atoms with Crippen LogP contribution in [0.4, 0.5) is 32.7 Å². The molecule has 11 atom stereocenters. The number of carbonyl (C=O) groups excluding carboxylic acids is 10. The van der Waals surface area contributed by atoms with E-state index in [1.165, 1.54) is 24.0 Å². The Labute approximate surface area is 860 Å². The van der Waals surface area contributed by atoms with Crippen molar-refractivity contribution in [3.63, 3.8) is 0 Å². The number of hydrogen-bond donors (Lipinski definition) is 18. The summed E-state index contributed by atoms with van der Waals surface area (Å²) in [7, 11) is 0. The third-order valence-electron chi connectivity index (χ3n) is 24.3.